The third-order valence-corrected chi connectivity index (χ3v) is 5.63. The number of amides is 1. The molecule has 1 N–H and O–H groups in total. The number of H-pyrrole nitrogens is 1. The van der Waals surface area contributed by atoms with Crippen molar-refractivity contribution in [2.24, 2.45) is 5.92 Å². The number of hydrogen-bond donors (Lipinski definition) is 1. The van der Waals surface area contributed by atoms with Crippen LogP contribution < -0.4 is 0 Å². The molecule has 0 aliphatic carbocycles. The van der Waals surface area contributed by atoms with Gasteiger partial charge < -0.3 is 9.80 Å². The summed E-state index contributed by atoms with van der Waals surface area (Å²) < 4.78 is 0. The van der Waals surface area contributed by atoms with E-state index in [2.05, 4.69) is 27.2 Å². The topological polar surface area (TPSA) is 52.2 Å². The van der Waals surface area contributed by atoms with E-state index < -0.39 is 0 Å². The lowest BCUT2D eigenvalue weighted by Crippen LogP contribution is -2.42. The Morgan fingerprint density at radius 2 is 2.11 bits per heavy atom. The molecule has 1 aromatic heterocycles. The molecule has 5 nitrogen and oxygen atoms in total. The molecule has 0 unspecified atom stereocenters. The first-order valence-corrected chi connectivity index (χ1v) is 10.2. The first kappa shape index (κ1) is 19.9. The molecule has 2 aromatic rings. The van der Waals surface area contributed by atoms with Gasteiger partial charge in [-0.15, -0.1) is 0 Å². The fourth-order valence-electron chi connectivity index (χ4n) is 3.79. The van der Waals surface area contributed by atoms with Gasteiger partial charge in [0.1, 0.15) is 0 Å². The molecule has 1 fully saturated rings. The number of hydrogen-bond acceptors (Lipinski definition) is 3. The van der Waals surface area contributed by atoms with Crippen molar-refractivity contribution >= 4 is 17.5 Å². The SMILES string of the molecule is CN(C[C@@H]1CCCN(CCc2ccc(Cl)cc2)C1)C(=O)CCc1cn[nH]c1. The molecule has 3 rings (SSSR count). The standard InChI is InChI=1S/C21H29ClN4O/c1-25(21(27)9-6-18-13-23-24-14-18)15-19-3-2-11-26(16-19)12-10-17-4-7-20(22)8-5-17/h4-5,7-8,13-14,19H,2-3,6,9-12,15-16H2,1H3,(H,23,24)/t19-/m0/s1. The van der Waals surface area contributed by atoms with Crippen LogP contribution in [0.2, 0.25) is 5.02 Å². The van der Waals surface area contributed by atoms with Gasteiger partial charge in [0.25, 0.3) is 0 Å². The second kappa shape index (κ2) is 9.90. The Kier molecular flexibility index (Phi) is 7.30. The number of benzene rings is 1. The maximum absolute atomic E-state index is 12.4. The Balaban J connectivity index is 1.40. The van der Waals surface area contributed by atoms with E-state index in [1.165, 1.54) is 18.4 Å². The second-order valence-corrected chi connectivity index (χ2v) is 8.00. The molecule has 146 valence electrons. The molecule has 27 heavy (non-hydrogen) atoms. The minimum absolute atomic E-state index is 0.217. The zero-order valence-corrected chi connectivity index (χ0v) is 16.8. The van der Waals surface area contributed by atoms with Crippen molar-refractivity contribution in [3.05, 3.63) is 52.8 Å². The van der Waals surface area contributed by atoms with E-state index >= 15 is 0 Å². The van der Waals surface area contributed by atoms with Crippen LogP contribution in [0.4, 0.5) is 0 Å². The smallest absolute Gasteiger partial charge is 0.222 e. The van der Waals surface area contributed by atoms with Crippen LogP contribution in [0.1, 0.15) is 30.4 Å². The van der Waals surface area contributed by atoms with Crippen LogP contribution in [-0.4, -0.2) is 59.1 Å². The summed E-state index contributed by atoms with van der Waals surface area (Å²) in [6.07, 6.45) is 8.39. The third-order valence-electron chi connectivity index (χ3n) is 5.37. The van der Waals surface area contributed by atoms with Crippen LogP contribution in [0.5, 0.6) is 0 Å². The minimum Gasteiger partial charge on any atom is -0.345 e. The van der Waals surface area contributed by atoms with Gasteiger partial charge in [0.05, 0.1) is 6.20 Å². The number of aromatic amines is 1. The molecule has 6 heteroatoms. The number of rotatable bonds is 8. The zero-order valence-electron chi connectivity index (χ0n) is 16.0. The van der Waals surface area contributed by atoms with Gasteiger partial charge in [-0.3, -0.25) is 9.89 Å². The third kappa shape index (κ3) is 6.36. The number of aromatic nitrogens is 2. The molecule has 1 aromatic carbocycles. The Labute approximate surface area is 166 Å². The molecule has 1 aliphatic rings. The largest absolute Gasteiger partial charge is 0.345 e. The van der Waals surface area contributed by atoms with Gasteiger partial charge in [-0.2, -0.15) is 5.10 Å². The lowest BCUT2D eigenvalue weighted by atomic mass is 9.97. The molecule has 1 atom stereocenters. The number of aryl methyl sites for hydroxylation is 1. The molecule has 0 bridgehead atoms. The maximum atomic E-state index is 12.4. The highest BCUT2D eigenvalue weighted by atomic mass is 35.5. The number of nitrogens with zero attached hydrogens (tertiary/aromatic N) is 3. The molecule has 1 amide bonds. The van der Waals surface area contributed by atoms with E-state index in [0.29, 0.717) is 12.3 Å². The lowest BCUT2D eigenvalue weighted by Gasteiger charge is -2.34. The van der Waals surface area contributed by atoms with Crippen molar-refractivity contribution in [2.45, 2.75) is 32.1 Å². The maximum Gasteiger partial charge on any atom is 0.222 e. The second-order valence-electron chi connectivity index (χ2n) is 7.57. The van der Waals surface area contributed by atoms with Crippen molar-refractivity contribution in [3.63, 3.8) is 0 Å². The van der Waals surface area contributed by atoms with Crippen LogP contribution in [-0.2, 0) is 17.6 Å². The number of nitrogens with one attached hydrogen (secondary N) is 1. The van der Waals surface area contributed by atoms with Crippen molar-refractivity contribution in [1.29, 1.82) is 0 Å². The summed E-state index contributed by atoms with van der Waals surface area (Å²) in [4.78, 5) is 16.8. The number of halogens is 1. The average molecular weight is 389 g/mol. The van der Waals surface area contributed by atoms with Gasteiger partial charge in [0.2, 0.25) is 5.91 Å². The van der Waals surface area contributed by atoms with Crippen LogP contribution in [0.3, 0.4) is 0 Å². The molecular weight excluding hydrogens is 360 g/mol. The van der Waals surface area contributed by atoms with Gasteiger partial charge in [-0.1, -0.05) is 23.7 Å². The lowest BCUT2D eigenvalue weighted by molar-refractivity contribution is -0.130. The normalized spacial score (nSPS) is 17.8. The van der Waals surface area contributed by atoms with Crippen LogP contribution >= 0.6 is 11.6 Å². The van der Waals surface area contributed by atoms with Crippen molar-refractivity contribution in [3.8, 4) is 0 Å². The van der Waals surface area contributed by atoms with E-state index in [1.54, 1.807) is 6.20 Å². The van der Waals surface area contributed by atoms with E-state index in [9.17, 15) is 4.79 Å². The molecule has 1 saturated heterocycles. The minimum atomic E-state index is 0.217. The molecule has 2 heterocycles. The highest BCUT2D eigenvalue weighted by molar-refractivity contribution is 6.30. The summed E-state index contributed by atoms with van der Waals surface area (Å²) in [5.74, 6) is 0.779. The number of piperidine rings is 1. The van der Waals surface area contributed by atoms with E-state index in [4.69, 9.17) is 11.6 Å². The Hall–Kier alpha value is -1.85. The summed E-state index contributed by atoms with van der Waals surface area (Å²) in [7, 11) is 1.93. The Bertz CT molecular complexity index is 701. The highest BCUT2D eigenvalue weighted by Gasteiger charge is 2.22. The summed E-state index contributed by atoms with van der Waals surface area (Å²) in [5, 5.41) is 7.51. The molecule has 0 saturated carbocycles. The van der Waals surface area contributed by atoms with E-state index in [-0.39, 0.29) is 5.91 Å². The summed E-state index contributed by atoms with van der Waals surface area (Å²) in [6, 6.07) is 8.13. The number of carbonyl (C=O) groups excluding carboxylic acids is 1. The van der Waals surface area contributed by atoms with Gasteiger partial charge in [0.15, 0.2) is 0 Å². The summed E-state index contributed by atoms with van der Waals surface area (Å²) in [6.45, 7) is 4.15. The molecule has 1 aliphatic heterocycles. The Morgan fingerprint density at radius 1 is 1.30 bits per heavy atom. The highest BCUT2D eigenvalue weighted by Crippen LogP contribution is 2.19. The monoisotopic (exact) mass is 388 g/mol. The zero-order chi connectivity index (χ0) is 19.1. The summed E-state index contributed by atoms with van der Waals surface area (Å²) in [5.41, 5.74) is 2.41. The van der Waals surface area contributed by atoms with Crippen LogP contribution in [0.25, 0.3) is 0 Å². The Morgan fingerprint density at radius 3 is 2.85 bits per heavy atom. The van der Waals surface area contributed by atoms with Crippen molar-refractivity contribution < 1.29 is 4.79 Å². The van der Waals surface area contributed by atoms with Crippen molar-refractivity contribution in [2.75, 3.05) is 33.2 Å². The fourth-order valence-corrected chi connectivity index (χ4v) is 3.91. The summed E-state index contributed by atoms with van der Waals surface area (Å²) >= 11 is 5.96. The molecule has 0 spiro atoms. The van der Waals surface area contributed by atoms with E-state index in [1.807, 2.05) is 30.3 Å². The van der Waals surface area contributed by atoms with Gasteiger partial charge >= 0.3 is 0 Å². The van der Waals surface area contributed by atoms with Crippen molar-refractivity contribution in [1.82, 2.24) is 20.0 Å². The number of carbonyl (C=O) groups is 1. The predicted molar refractivity (Wildman–Crippen MR) is 109 cm³/mol. The first-order valence-electron chi connectivity index (χ1n) is 9.78. The number of likely N-dealkylation sites (tertiary alicyclic amines) is 1. The van der Waals surface area contributed by atoms with E-state index in [0.717, 1.165) is 49.6 Å². The quantitative estimate of drug-likeness (QED) is 0.753. The van der Waals surface area contributed by atoms with Gasteiger partial charge in [-0.05, 0) is 61.4 Å². The van der Waals surface area contributed by atoms with Gasteiger partial charge in [0, 0.05) is 44.3 Å². The molecule has 0 radical (unpaired) electrons. The average Bonchev–Trinajstić information content (AvgIpc) is 3.19. The van der Waals surface area contributed by atoms with Crippen LogP contribution in [0.15, 0.2) is 36.7 Å². The predicted octanol–water partition coefficient (Wildman–Crippen LogP) is 3.41. The first-order chi connectivity index (χ1) is 13.1. The fraction of sp³-hybridized carbons (Fsp3) is 0.524. The molecular formula is C21H29ClN4O. The van der Waals surface area contributed by atoms with Gasteiger partial charge in [-0.25, -0.2) is 0 Å². The van der Waals surface area contributed by atoms with Crippen LogP contribution in [0, 0.1) is 5.92 Å².